The topological polar surface area (TPSA) is 46.9 Å². The molecule has 3 aromatic rings. The highest BCUT2D eigenvalue weighted by Crippen LogP contribution is 2.29. The van der Waals surface area contributed by atoms with Gasteiger partial charge in [-0.25, -0.2) is 9.37 Å². The number of carbonyl (C=O) groups is 1. The highest BCUT2D eigenvalue weighted by Gasteiger charge is 2.21. The van der Waals surface area contributed by atoms with E-state index in [4.69, 9.17) is 0 Å². The van der Waals surface area contributed by atoms with Gasteiger partial charge in [0.1, 0.15) is 5.82 Å². The average molecular weight is 383 g/mol. The van der Waals surface area contributed by atoms with Crippen molar-refractivity contribution in [2.75, 3.05) is 6.26 Å². The Morgan fingerprint density at radius 3 is 2.56 bits per heavy atom. The van der Waals surface area contributed by atoms with E-state index in [1.165, 1.54) is 6.07 Å². The third kappa shape index (κ3) is 4.57. The second-order valence-corrected chi connectivity index (χ2v) is 7.03. The van der Waals surface area contributed by atoms with Crippen LogP contribution < -0.4 is 5.32 Å². The summed E-state index contributed by atoms with van der Waals surface area (Å²) in [5.41, 5.74) is 2.38. The molecule has 0 aliphatic carbocycles. The van der Waals surface area contributed by atoms with Crippen molar-refractivity contribution in [3.8, 4) is 0 Å². The molecule has 0 aliphatic rings. The van der Waals surface area contributed by atoms with E-state index < -0.39 is 0 Å². The average Bonchev–Trinajstić information content (AvgIpc) is 3.05. The first kappa shape index (κ1) is 19.2. The molecule has 1 aromatic heterocycles. The van der Waals surface area contributed by atoms with E-state index in [9.17, 15) is 9.18 Å². The molecule has 0 aliphatic heterocycles. The van der Waals surface area contributed by atoms with E-state index in [0.29, 0.717) is 12.1 Å². The molecule has 6 heteroatoms. The first-order valence-corrected chi connectivity index (χ1v) is 9.93. The number of halogens is 1. The predicted molar refractivity (Wildman–Crippen MR) is 106 cm³/mol. The lowest BCUT2D eigenvalue weighted by Crippen LogP contribution is -2.26. The highest BCUT2D eigenvalue weighted by molar-refractivity contribution is 7.98. The standard InChI is InChI=1S/C21H22FN3OS/c1-25-16(14-24-21(25)27-2)13-23-20(26)12-18(15-8-4-3-5-9-15)17-10-6-7-11-19(17)22/h3-11,14,18H,12-13H2,1-2H3,(H,23,26)/t18-/m0/s1. The molecule has 0 saturated heterocycles. The van der Waals surface area contributed by atoms with Gasteiger partial charge < -0.3 is 9.88 Å². The maximum absolute atomic E-state index is 14.4. The lowest BCUT2D eigenvalue weighted by atomic mass is 9.88. The molecular weight excluding hydrogens is 361 g/mol. The first-order chi connectivity index (χ1) is 13.1. The third-order valence-corrected chi connectivity index (χ3v) is 5.31. The monoisotopic (exact) mass is 383 g/mol. The van der Waals surface area contributed by atoms with Crippen molar-refractivity contribution in [3.63, 3.8) is 0 Å². The summed E-state index contributed by atoms with van der Waals surface area (Å²) in [6.07, 6.45) is 3.90. The summed E-state index contributed by atoms with van der Waals surface area (Å²) in [6.45, 7) is 0.391. The molecular formula is C21H22FN3OS. The Hall–Kier alpha value is -2.60. The molecule has 0 radical (unpaired) electrons. The Labute approximate surface area is 162 Å². The zero-order chi connectivity index (χ0) is 19.2. The third-order valence-electron chi connectivity index (χ3n) is 4.56. The van der Waals surface area contributed by atoms with Crippen molar-refractivity contribution >= 4 is 17.7 Å². The Kier molecular flexibility index (Phi) is 6.29. The number of carbonyl (C=O) groups excluding carboxylic acids is 1. The fourth-order valence-corrected chi connectivity index (χ4v) is 3.63. The van der Waals surface area contributed by atoms with Crippen LogP contribution in [0.5, 0.6) is 0 Å². The number of nitrogens with zero attached hydrogens (tertiary/aromatic N) is 2. The van der Waals surface area contributed by atoms with Crippen molar-refractivity contribution in [2.24, 2.45) is 7.05 Å². The van der Waals surface area contributed by atoms with Crippen LogP contribution >= 0.6 is 11.8 Å². The van der Waals surface area contributed by atoms with Crippen molar-refractivity contribution in [1.29, 1.82) is 0 Å². The number of thioether (sulfide) groups is 1. The summed E-state index contributed by atoms with van der Waals surface area (Å²) in [6, 6.07) is 16.2. The summed E-state index contributed by atoms with van der Waals surface area (Å²) in [5, 5.41) is 3.83. The zero-order valence-corrected chi connectivity index (χ0v) is 16.2. The normalized spacial score (nSPS) is 12.0. The largest absolute Gasteiger partial charge is 0.350 e. The number of benzene rings is 2. The Morgan fingerprint density at radius 2 is 1.89 bits per heavy atom. The van der Waals surface area contributed by atoms with Gasteiger partial charge in [-0.3, -0.25) is 4.79 Å². The molecule has 0 unspecified atom stereocenters. The van der Waals surface area contributed by atoms with Gasteiger partial charge in [0.2, 0.25) is 5.91 Å². The van der Waals surface area contributed by atoms with Crippen LogP contribution in [0.1, 0.15) is 29.2 Å². The lowest BCUT2D eigenvalue weighted by molar-refractivity contribution is -0.121. The van der Waals surface area contributed by atoms with E-state index in [1.807, 2.05) is 48.2 Å². The van der Waals surface area contributed by atoms with E-state index >= 15 is 0 Å². The molecule has 0 saturated carbocycles. The van der Waals surface area contributed by atoms with E-state index in [0.717, 1.165) is 16.4 Å². The molecule has 0 bridgehead atoms. The summed E-state index contributed by atoms with van der Waals surface area (Å²) >= 11 is 1.55. The van der Waals surface area contributed by atoms with Gasteiger partial charge in [0.05, 0.1) is 18.4 Å². The fraction of sp³-hybridized carbons (Fsp3) is 0.238. The molecule has 1 atom stereocenters. The van der Waals surface area contributed by atoms with Gasteiger partial charge in [0, 0.05) is 19.4 Å². The van der Waals surface area contributed by atoms with Crippen molar-refractivity contribution in [3.05, 3.63) is 83.4 Å². The number of amides is 1. The number of imidazole rings is 1. The van der Waals surface area contributed by atoms with Crippen LogP contribution in [0.3, 0.4) is 0 Å². The van der Waals surface area contributed by atoms with Crippen LogP contribution in [0.15, 0.2) is 66.0 Å². The van der Waals surface area contributed by atoms with Crippen LogP contribution in [0.25, 0.3) is 0 Å². The summed E-state index contributed by atoms with van der Waals surface area (Å²) in [5.74, 6) is -0.755. The molecule has 0 spiro atoms. The van der Waals surface area contributed by atoms with Gasteiger partial charge in [-0.1, -0.05) is 60.3 Å². The Morgan fingerprint density at radius 1 is 1.19 bits per heavy atom. The molecule has 4 nitrogen and oxygen atoms in total. The zero-order valence-electron chi connectivity index (χ0n) is 15.4. The maximum Gasteiger partial charge on any atom is 0.221 e. The van der Waals surface area contributed by atoms with Crippen LogP contribution in [0, 0.1) is 5.82 Å². The summed E-state index contributed by atoms with van der Waals surface area (Å²) in [7, 11) is 1.92. The number of nitrogens with one attached hydrogen (secondary N) is 1. The summed E-state index contributed by atoms with van der Waals surface area (Å²) in [4.78, 5) is 16.9. The van der Waals surface area contributed by atoms with Crippen molar-refractivity contribution in [2.45, 2.75) is 24.0 Å². The second kappa shape index (κ2) is 8.86. The number of hydrogen-bond acceptors (Lipinski definition) is 3. The molecule has 1 heterocycles. The van der Waals surface area contributed by atoms with Crippen LogP contribution in [0.2, 0.25) is 0 Å². The van der Waals surface area contributed by atoms with Gasteiger partial charge in [0.15, 0.2) is 5.16 Å². The molecule has 3 rings (SSSR count). The highest BCUT2D eigenvalue weighted by atomic mass is 32.2. The lowest BCUT2D eigenvalue weighted by Gasteiger charge is -2.18. The Balaban J connectivity index is 1.75. The molecule has 27 heavy (non-hydrogen) atoms. The van der Waals surface area contributed by atoms with Crippen LogP contribution in [-0.4, -0.2) is 21.7 Å². The second-order valence-electron chi connectivity index (χ2n) is 6.26. The van der Waals surface area contributed by atoms with Gasteiger partial charge in [-0.2, -0.15) is 0 Å². The minimum atomic E-state index is -0.333. The quantitative estimate of drug-likeness (QED) is 0.625. The smallest absolute Gasteiger partial charge is 0.221 e. The maximum atomic E-state index is 14.4. The minimum Gasteiger partial charge on any atom is -0.350 e. The fourth-order valence-electron chi connectivity index (χ4n) is 3.08. The molecule has 1 N–H and O–H groups in total. The molecule has 140 valence electrons. The van der Waals surface area contributed by atoms with Crippen molar-refractivity contribution < 1.29 is 9.18 Å². The number of rotatable bonds is 7. The first-order valence-electron chi connectivity index (χ1n) is 8.70. The van der Waals surface area contributed by atoms with E-state index in [1.54, 1.807) is 36.2 Å². The molecule has 0 fully saturated rings. The van der Waals surface area contributed by atoms with E-state index in [-0.39, 0.29) is 24.1 Å². The van der Waals surface area contributed by atoms with Gasteiger partial charge in [0.25, 0.3) is 0 Å². The predicted octanol–water partition coefficient (Wildman–Crippen LogP) is 4.12. The number of hydrogen-bond donors (Lipinski definition) is 1. The summed E-state index contributed by atoms with van der Waals surface area (Å²) < 4.78 is 16.3. The van der Waals surface area contributed by atoms with Crippen LogP contribution in [-0.2, 0) is 18.4 Å². The Bertz CT molecular complexity index is 911. The van der Waals surface area contributed by atoms with Crippen molar-refractivity contribution in [1.82, 2.24) is 14.9 Å². The van der Waals surface area contributed by atoms with E-state index in [2.05, 4.69) is 10.3 Å². The molecule has 1 amide bonds. The van der Waals surface area contributed by atoms with Gasteiger partial charge >= 0.3 is 0 Å². The molecule has 2 aromatic carbocycles. The number of aromatic nitrogens is 2. The van der Waals surface area contributed by atoms with Gasteiger partial charge in [-0.05, 0) is 23.4 Å². The van der Waals surface area contributed by atoms with Gasteiger partial charge in [-0.15, -0.1) is 0 Å². The van der Waals surface area contributed by atoms with Crippen LogP contribution in [0.4, 0.5) is 4.39 Å². The SMILES string of the molecule is CSc1ncc(CNC(=O)C[C@@H](c2ccccc2)c2ccccc2F)n1C. The minimum absolute atomic E-state index is 0.126.